The van der Waals surface area contributed by atoms with Crippen LogP contribution >= 0.6 is 11.3 Å². The first-order chi connectivity index (χ1) is 22.9. The zero-order valence-corrected chi connectivity index (χ0v) is 27.0. The zero-order chi connectivity index (χ0) is 34.5. The third-order valence-electron chi connectivity index (χ3n) is 9.41. The van der Waals surface area contributed by atoms with Gasteiger partial charge in [-0.25, -0.2) is 9.78 Å². The molecule has 0 unspecified atom stereocenters. The van der Waals surface area contributed by atoms with Gasteiger partial charge in [-0.05, 0) is 66.9 Å². The standard InChI is InChI=1S/C28H30N4O2S.C6H8O7/c33-25(10-15-31-16-12-28(13-17-31)11-9-20-5-1-3-7-22(20)28)32-23-8-4-2-6-21(23)19-24(32)26(34)30-27-29-14-18-35-27;7-3(8)1-6(13,5(11)12)2-4(9)10/h1-8,14,18,24H,9-13,15-17,19H2,(H,29,30,34);13H,1-2H2,(H,7,8)(H,9,10)(H,11,12)/t24-;/m0./s1. The number of para-hydroxylation sites is 1. The second-order valence-electron chi connectivity index (χ2n) is 12.4. The van der Waals surface area contributed by atoms with Crippen molar-refractivity contribution in [3.05, 3.63) is 76.8 Å². The first kappa shape index (κ1) is 34.7. The Labute approximate surface area is 280 Å². The number of nitrogens with zero attached hydrogens (tertiary/aromatic N) is 3. The summed E-state index contributed by atoms with van der Waals surface area (Å²) in [6.07, 6.45) is 5.08. The second kappa shape index (κ2) is 14.6. The van der Waals surface area contributed by atoms with Gasteiger partial charge in [-0.15, -0.1) is 11.3 Å². The van der Waals surface area contributed by atoms with Crippen LogP contribution in [0.15, 0.2) is 60.1 Å². The summed E-state index contributed by atoms with van der Waals surface area (Å²) in [7, 11) is 0. The Balaban J connectivity index is 0.000000296. The number of aliphatic carboxylic acids is 3. The molecule has 254 valence electrons. The molecule has 14 heteroatoms. The number of carboxylic acid groups (broad SMARTS) is 3. The minimum atomic E-state index is -2.74. The van der Waals surface area contributed by atoms with E-state index in [9.17, 15) is 24.0 Å². The maximum absolute atomic E-state index is 13.5. The van der Waals surface area contributed by atoms with Gasteiger partial charge in [-0.2, -0.15) is 0 Å². The monoisotopic (exact) mass is 678 g/mol. The fourth-order valence-electron chi connectivity index (χ4n) is 6.95. The number of carboxylic acids is 3. The summed E-state index contributed by atoms with van der Waals surface area (Å²) < 4.78 is 0. The summed E-state index contributed by atoms with van der Waals surface area (Å²) in [6, 6.07) is 16.3. The highest BCUT2D eigenvalue weighted by Gasteiger charge is 2.42. The first-order valence-electron chi connectivity index (χ1n) is 15.7. The summed E-state index contributed by atoms with van der Waals surface area (Å²) >= 11 is 1.38. The smallest absolute Gasteiger partial charge is 0.336 e. The number of fused-ring (bicyclic) bond motifs is 3. The number of carbonyl (C=O) groups excluding carboxylic acids is 2. The molecule has 3 heterocycles. The normalized spacial score (nSPS) is 17.9. The number of aryl methyl sites for hydroxylation is 1. The number of hydrogen-bond acceptors (Lipinski definition) is 9. The molecule has 2 aliphatic heterocycles. The van der Waals surface area contributed by atoms with Gasteiger partial charge < -0.3 is 30.6 Å². The van der Waals surface area contributed by atoms with E-state index in [0.717, 1.165) is 43.7 Å². The molecule has 5 N–H and O–H groups in total. The van der Waals surface area contributed by atoms with Gasteiger partial charge >= 0.3 is 17.9 Å². The van der Waals surface area contributed by atoms with Crippen molar-refractivity contribution in [1.29, 1.82) is 0 Å². The average molecular weight is 679 g/mol. The number of aromatic nitrogens is 1. The van der Waals surface area contributed by atoms with Crippen LogP contribution < -0.4 is 10.2 Å². The molecular weight excluding hydrogens is 640 g/mol. The van der Waals surface area contributed by atoms with Gasteiger partial charge in [0.05, 0.1) is 12.8 Å². The summed E-state index contributed by atoms with van der Waals surface area (Å²) in [5.74, 6) is -5.18. The molecule has 1 spiro atoms. The quantitative estimate of drug-likeness (QED) is 0.211. The molecule has 0 saturated carbocycles. The van der Waals surface area contributed by atoms with Crippen LogP contribution in [-0.2, 0) is 42.2 Å². The van der Waals surface area contributed by atoms with Gasteiger partial charge in [0.25, 0.3) is 0 Å². The second-order valence-corrected chi connectivity index (χ2v) is 13.3. The fourth-order valence-corrected chi connectivity index (χ4v) is 7.49. The number of anilines is 2. The molecule has 0 radical (unpaired) electrons. The molecule has 1 aromatic heterocycles. The number of aliphatic hydroxyl groups is 1. The molecule has 48 heavy (non-hydrogen) atoms. The zero-order valence-electron chi connectivity index (χ0n) is 26.2. The van der Waals surface area contributed by atoms with Crippen LogP contribution in [0.5, 0.6) is 0 Å². The van der Waals surface area contributed by atoms with Crippen LogP contribution in [0.25, 0.3) is 0 Å². The van der Waals surface area contributed by atoms with E-state index in [1.807, 2.05) is 29.6 Å². The molecule has 0 bridgehead atoms. The molecule has 1 atom stereocenters. The highest BCUT2D eigenvalue weighted by Crippen LogP contribution is 2.46. The van der Waals surface area contributed by atoms with Crippen LogP contribution in [0, 0.1) is 0 Å². The minimum Gasteiger partial charge on any atom is -0.481 e. The third kappa shape index (κ3) is 7.72. The summed E-state index contributed by atoms with van der Waals surface area (Å²) in [5, 5.41) is 39.1. The van der Waals surface area contributed by atoms with Crippen LogP contribution in [0.2, 0.25) is 0 Å². The van der Waals surface area contributed by atoms with E-state index in [1.54, 1.807) is 16.7 Å². The predicted octanol–water partition coefficient (Wildman–Crippen LogP) is 3.16. The molecule has 3 aromatic rings. The van der Waals surface area contributed by atoms with Gasteiger partial charge in [-0.1, -0.05) is 42.5 Å². The number of thiazole rings is 1. The molecule has 1 saturated heterocycles. The van der Waals surface area contributed by atoms with Crippen molar-refractivity contribution in [1.82, 2.24) is 9.88 Å². The van der Waals surface area contributed by atoms with Crippen molar-refractivity contribution >= 4 is 51.9 Å². The summed E-state index contributed by atoms with van der Waals surface area (Å²) in [6.45, 7) is 2.77. The van der Waals surface area contributed by atoms with Crippen molar-refractivity contribution in [2.24, 2.45) is 0 Å². The number of benzene rings is 2. The lowest BCUT2D eigenvalue weighted by molar-refractivity contribution is -0.170. The van der Waals surface area contributed by atoms with E-state index in [2.05, 4.69) is 39.5 Å². The number of rotatable bonds is 10. The lowest BCUT2D eigenvalue weighted by Gasteiger charge is -2.40. The molecule has 13 nitrogen and oxygen atoms in total. The maximum Gasteiger partial charge on any atom is 0.336 e. The van der Waals surface area contributed by atoms with Crippen molar-refractivity contribution in [2.45, 2.75) is 68.4 Å². The van der Waals surface area contributed by atoms with Crippen LogP contribution in [0.3, 0.4) is 0 Å². The van der Waals surface area contributed by atoms with Gasteiger partial charge in [0, 0.05) is 36.7 Å². The number of carbonyl (C=O) groups is 5. The van der Waals surface area contributed by atoms with Gasteiger partial charge in [0.2, 0.25) is 11.8 Å². The van der Waals surface area contributed by atoms with E-state index in [4.69, 9.17) is 20.4 Å². The highest BCUT2D eigenvalue weighted by molar-refractivity contribution is 7.13. The third-order valence-corrected chi connectivity index (χ3v) is 10.1. The van der Waals surface area contributed by atoms with E-state index in [0.29, 0.717) is 23.4 Å². The Morgan fingerprint density at radius 3 is 2.19 bits per heavy atom. The summed E-state index contributed by atoms with van der Waals surface area (Å²) in [5.41, 5.74) is 2.56. The SMILES string of the molecule is O=C(Nc1nccs1)[C@@H]1Cc2ccccc2N1C(=O)CCN1CCC2(CCc3ccccc32)CC1.O=C(O)CC(O)(CC(=O)O)C(=O)O. The Kier molecular flexibility index (Phi) is 10.6. The van der Waals surface area contributed by atoms with Crippen LogP contribution in [0.4, 0.5) is 10.8 Å². The van der Waals surface area contributed by atoms with Crippen LogP contribution in [0.1, 0.15) is 55.2 Å². The Morgan fingerprint density at radius 1 is 0.917 bits per heavy atom. The molecular formula is C34H38N4O9S. The molecule has 1 fully saturated rings. The van der Waals surface area contributed by atoms with Crippen molar-refractivity contribution in [2.75, 3.05) is 29.9 Å². The number of nitrogens with one attached hydrogen (secondary N) is 1. The number of amides is 2. The van der Waals surface area contributed by atoms with Crippen molar-refractivity contribution < 1.29 is 44.4 Å². The Morgan fingerprint density at radius 2 is 1.56 bits per heavy atom. The van der Waals surface area contributed by atoms with E-state index in [1.165, 1.54) is 29.7 Å². The number of hydrogen-bond donors (Lipinski definition) is 5. The van der Waals surface area contributed by atoms with E-state index in [-0.39, 0.29) is 11.8 Å². The molecule has 3 aliphatic rings. The summed E-state index contributed by atoms with van der Waals surface area (Å²) in [4.78, 5) is 65.4. The largest absolute Gasteiger partial charge is 0.481 e. The molecule has 1 aliphatic carbocycles. The minimum absolute atomic E-state index is 0.0146. The van der Waals surface area contributed by atoms with Crippen molar-refractivity contribution in [3.63, 3.8) is 0 Å². The van der Waals surface area contributed by atoms with E-state index >= 15 is 0 Å². The lowest BCUT2D eigenvalue weighted by Crippen LogP contribution is -2.47. The Hall–Kier alpha value is -4.66. The van der Waals surface area contributed by atoms with Gasteiger partial charge in [-0.3, -0.25) is 24.1 Å². The number of piperidine rings is 1. The average Bonchev–Trinajstić information content (AvgIpc) is 3.79. The van der Waals surface area contributed by atoms with Gasteiger partial charge in [0.1, 0.15) is 6.04 Å². The van der Waals surface area contributed by atoms with E-state index < -0.39 is 42.4 Å². The number of likely N-dealkylation sites (tertiary alicyclic amines) is 1. The first-order valence-corrected chi connectivity index (χ1v) is 16.6. The Bertz CT molecular complexity index is 1650. The predicted molar refractivity (Wildman–Crippen MR) is 176 cm³/mol. The fraction of sp³-hybridized carbons (Fsp3) is 0.412. The molecule has 2 aromatic carbocycles. The molecule has 2 amide bonds. The van der Waals surface area contributed by atoms with Crippen LogP contribution in [-0.4, -0.2) is 91.3 Å². The topological polar surface area (TPSA) is 198 Å². The maximum atomic E-state index is 13.5. The van der Waals surface area contributed by atoms with Crippen molar-refractivity contribution in [3.8, 4) is 0 Å². The lowest BCUT2D eigenvalue weighted by atomic mass is 9.74. The molecule has 6 rings (SSSR count). The highest BCUT2D eigenvalue weighted by atomic mass is 32.1. The van der Waals surface area contributed by atoms with Gasteiger partial charge in [0.15, 0.2) is 10.7 Å².